The van der Waals surface area contributed by atoms with Crippen LogP contribution in [0.4, 0.5) is 17.1 Å². The molecule has 10 aromatic carbocycles. The summed E-state index contributed by atoms with van der Waals surface area (Å²) in [7, 11) is 0. The second-order valence-corrected chi connectivity index (χ2v) is 13.0. The second-order valence-electron chi connectivity index (χ2n) is 13.0. The van der Waals surface area contributed by atoms with Gasteiger partial charge in [0.2, 0.25) is 0 Å². The van der Waals surface area contributed by atoms with Crippen LogP contribution in [0.1, 0.15) is 5.48 Å². The molecule has 0 amide bonds. The Hall–Kier alpha value is -6.70. The molecule has 0 aliphatic rings. The summed E-state index contributed by atoms with van der Waals surface area (Å²) in [6, 6.07) is 59.2. The zero-order valence-corrected chi connectivity index (χ0v) is 27.7. The van der Waals surface area contributed by atoms with Gasteiger partial charge in [-0.15, -0.1) is 0 Å². The van der Waals surface area contributed by atoms with Gasteiger partial charge in [0.15, 0.2) is 0 Å². The minimum atomic E-state index is -0.107. The summed E-state index contributed by atoms with van der Waals surface area (Å²) in [6.45, 7) is 0. The van der Waals surface area contributed by atoms with E-state index in [2.05, 4.69) is 84.9 Å². The van der Waals surface area contributed by atoms with Crippen LogP contribution in [0.2, 0.25) is 0 Å². The topological polar surface area (TPSA) is 3.24 Å². The van der Waals surface area contributed by atoms with E-state index in [-0.39, 0.29) is 35.4 Å². The van der Waals surface area contributed by atoms with E-state index >= 15 is 0 Å². The van der Waals surface area contributed by atoms with Crippen LogP contribution in [-0.4, -0.2) is 0 Å². The Balaban J connectivity index is 1.22. The van der Waals surface area contributed by atoms with Crippen LogP contribution < -0.4 is 4.90 Å². The van der Waals surface area contributed by atoms with Gasteiger partial charge >= 0.3 is 0 Å². The van der Waals surface area contributed by atoms with E-state index in [1.807, 2.05) is 95.9 Å². The average molecular weight is 652 g/mol. The maximum atomic E-state index is 9.72. The Morgan fingerprint density at radius 3 is 1.51 bits per heavy atom. The molecule has 0 radical (unpaired) electrons. The minimum absolute atomic E-state index is 0.0840. The van der Waals surface area contributed by atoms with Crippen molar-refractivity contribution in [2.45, 2.75) is 0 Å². The molecule has 51 heavy (non-hydrogen) atoms. The first-order valence-corrected chi connectivity index (χ1v) is 17.3. The van der Waals surface area contributed by atoms with E-state index in [0.717, 1.165) is 71.0 Å². The minimum Gasteiger partial charge on any atom is -0.310 e. The number of anilines is 3. The molecule has 238 valence electrons. The van der Waals surface area contributed by atoms with Gasteiger partial charge in [-0.2, -0.15) is 0 Å². The van der Waals surface area contributed by atoms with Gasteiger partial charge in [0.25, 0.3) is 0 Å². The Labute approximate surface area is 302 Å². The molecule has 0 bridgehead atoms. The normalized spacial score (nSPS) is 12.6. The van der Waals surface area contributed by atoms with E-state index in [0.29, 0.717) is 5.56 Å². The van der Waals surface area contributed by atoms with Crippen molar-refractivity contribution in [1.29, 1.82) is 0 Å². The highest BCUT2D eigenvalue weighted by atomic mass is 15.1. The van der Waals surface area contributed by atoms with Crippen LogP contribution in [0.5, 0.6) is 0 Å². The molecule has 0 aliphatic carbocycles. The molecule has 0 N–H and O–H groups in total. The molecule has 0 aliphatic heterocycles. The maximum Gasteiger partial charge on any atom is 0.0645 e. The Morgan fingerprint density at radius 1 is 0.314 bits per heavy atom. The zero-order valence-electron chi connectivity index (χ0n) is 31.7. The van der Waals surface area contributed by atoms with E-state index in [4.69, 9.17) is 0 Å². The molecular weight excluding hydrogens is 615 g/mol. The highest BCUT2D eigenvalue weighted by Gasteiger charge is 2.18. The molecule has 10 aromatic rings. The lowest BCUT2D eigenvalue weighted by Crippen LogP contribution is -2.10. The van der Waals surface area contributed by atoms with Crippen molar-refractivity contribution >= 4 is 70.9 Å². The van der Waals surface area contributed by atoms with E-state index in [1.165, 1.54) is 5.39 Å². The highest BCUT2D eigenvalue weighted by Crippen LogP contribution is 2.43. The third-order valence-corrected chi connectivity index (χ3v) is 10.1. The molecule has 0 aromatic heterocycles. The van der Waals surface area contributed by atoms with Crippen molar-refractivity contribution in [1.82, 2.24) is 0 Å². The van der Waals surface area contributed by atoms with Crippen LogP contribution in [-0.2, 0) is 0 Å². The number of fused-ring (bicyclic) bond motifs is 7. The van der Waals surface area contributed by atoms with Gasteiger partial charge in [-0.1, -0.05) is 158 Å². The van der Waals surface area contributed by atoms with Crippen molar-refractivity contribution in [3.63, 3.8) is 0 Å². The lowest BCUT2D eigenvalue weighted by atomic mass is 9.93. The number of hydrogen-bond donors (Lipinski definition) is 0. The molecule has 0 spiro atoms. The standard InChI is InChI=1S/C50H33N/c1-2-12-37-31-38(22-21-34(37)11-1)35-23-27-41(28-24-35)51(50-33-40-14-4-6-16-44(40)46-18-9-10-20-48(46)50)42-29-25-36(26-30-42)49-32-39-13-3-5-15-43(39)45-17-7-8-19-47(45)49/h1-33H/i25D,26D,29D,30D. The maximum absolute atomic E-state index is 9.72. The summed E-state index contributed by atoms with van der Waals surface area (Å²) in [4.78, 5) is 1.92. The van der Waals surface area contributed by atoms with Crippen LogP contribution in [0.15, 0.2) is 200 Å². The molecular formula is C50H33N. The van der Waals surface area contributed by atoms with Gasteiger partial charge in [0.1, 0.15) is 0 Å². The first-order chi connectivity index (χ1) is 27.0. The fraction of sp³-hybridized carbons (Fsp3) is 0. The molecule has 10 rings (SSSR count). The molecule has 0 heterocycles. The van der Waals surface area contributed by atoms with Crippen molar-refractivity contribution in [2.24, 2.45) is 0 Å². The SMILES string of the molecule is [2H]c1c([2H])c(N(c2ccc(-c3ccc4ccccc4c3)cc2)c2cc3ccccc3c3ccccc23)c([2H])c([2H])c1-c1cc2ccccc2c2ccccc12. The second kappa shape index (κ2) is 12.0. The zero-order chi connectivity index (χ0) is 37.2. The predicted octanol–water partition coefficient (Wildman–Crippen LogP) is 14.3. The summed E-state index contributed by atoms with van der Waals surface area (Å²) >= 11 is 0. The van der Waals surface area contributed by atoms with Gasteiger partial charge in [-0.25, -0.2) is 0 Å². The number of benzene rings is 10. The Kier molecular flexibility index (Phi) is 5.96. The van der Waals surface area contributed by atoms with Crippen molar-refractivity contribution < 1.29 is 5.48 Å². The van der Waals surface area contributed by atoms with Crippen LogP contribution in [0.3, 0.4) is 0 Å². The molecule has 0 saturated heterocycles. The summed E-state index contributed by atoms with van der Waals surface area (Å²) < 4.78 is 38.6. The number of rotatable bonds is 5. The molecule has 1 heteroatoms. The molecule has 0 saturated carbocycles. The Morgan fingerprint density at radius 2 is 0.824 bits per heavy atom. The average Bonchev–Trinajstić information content (AvgIpc) is 3.24. The van der Waals surface area contributed by atoms with E-state index < -0.39 is 0 Å². The first-order valence-electron chi connectivity index (χ1n) is 19.3. The number of hydrogen-bond acceptors (Lipinski definition) is 1. The van der Waals surface area contributed by atoms with Crippen molar-refractivity contribution in [3.05, 3.63) is 200 Å². The van der Waals surface area contributed by atoms with Crippen LogP contribution in [0, 0.1) is 0 Å². The van der Waals surface area contributed by atoms with E-state index in [9.17, 15) is 5.48 Å². The van der Waals surface area contributed by atoms with Crippen molar-refractivity contribution in [2.75, 3.05) is 4.90 Å². The third-order valence-electron chi connectivity index (χ3n) is 10.1. The molecule has 0 unspecified atom stereocenters. The molecule has 0 fully saturated rings. The quantitative estimate of drug-likeness (QED) is 0.167. The van der Waals surface area contributed by atoms with Crippen molar-refractivity contribution in [3.8, 4) is 22.3 Å². The largest absolute Gasteiger partial charge is 0.310 e. The summed E-state index contributed by atoms with van der Waals surface area (Å²) in [5.41, 5.74) is 4.80. The first kappa shape index (κ1) is 25.3. The van der Waals surface area contributed by atoms with Gasteiger partial charge in [0, 0.05) is 16.8 Å². The molecule has 0 atom stereocenters. The van der Waals surface area contributed by atoms with Crippen LogP contribution >= 0.6 is 0 Å². The summed E-state index contributed by atoms with van der Waals surface area (Å²) in [5.74, 6) is 0. The van der Waals surface area contributed by atoms with Crippen LogP contribution in [0.25, 0.3) is 76.1 Å². The molecule has 1 nitrogen and oxygen atoms in total. The van der Waals surface area contributed by atoms with Gasteiger partial charge in [0.05, 0.1) is 11.2 Å². The fourth-order valence-corrected chi connectivity index (χ4v) is 7.59. The van der Waals surface area contributed by atoms with Gasteiger partial charge in [-0.05, 0) is 113 Å². The summed E-state index contributed by atoms with van der Waals surface area (Å²) in [6.07, 6.45) is 0. The lowest BCUT2D eigenvalue weighted by molar-refractivity contribution is 1.30. The number of nitrogens with zero attached hydrogens (tertiary/aromatic N) is 1. The van der Waals surface area contributed by atoms with Gasteiger partial charge < -0.3 is 4.90 Å². The summed E-state index contributed by atoms with van der Waals surface area (Å²) in [5, 5.41) is 10.4. The third kappa shape index (κ3) is 5.02. The fourth-order valence-electron chi connectivity index (χ4n) is 7.59. The smallest absolute Gasteiger partial charge is 0.0645 e. The predicted molar refractivity (Wildman–Crippen MR) is 220 cm³/mol. The van der Waals surface area contributed by atoms with Gasteiger partial charge in [-0.3, -0.25) is 0 Å². The highest BCUT2D eigenvalue weighted by molar-refractivity contribution is 6.15. The lowest BCUT2D eigenvalue weighted by Gasteiger charge is -2.28. The van der Waals surface area contributed by atoms with E-state index in [1.54, 1.807) is 0 Å². The monoisotopic (exact) mass is 651 g/mol. The Bertz CT molecular complexity index is 3120.